The van der Waals surface area contributed by atoms with Crippen molar-refractivity contribution >= 4 is 5.91 Å². The maximum atomic E-state index is 12.1. The van der Waals surface area contributed by atoms with Crippen LogP contribution in [0.4, 0.5) is 0 Å². The number of rotatable bonds is 2. The number of amides is 1. The lowest BCUT2D eigenvalue weighted by molar-refractivity contribution is 0.0933. The normalized spacial score (nSPS) is 17.0. The van der Waals surface area contributed by atoms with Gasteiger partial charge in [0.2, 0.25) is 5.56 Å². The molecule has 0 aromatic carbocycles. The van der Waals surface area contributed by atoms with Crippen LogP contribution in [-0.4, -0.2) is 27.1 Å². The number of carbonyl (C=O) groups is 1. The van der Waals surface area contributed by atoms with Crippen LogP contribution < -0.4 is 16.4 Å². The van der Waals surface area contributed by atoms with Crippen molar-refractivity contribution in [3.8, 4) is 0 Å². The molecular formula is C14H14N4O3. The number of carbonyl (C=O) groups excluding carboxylic acids is 1. The molecule has 108 valence electrons. The van der Waals surface area contributed by atoms with Crippen LogP contribution in [0.1, 0.15) is 28.0 Å². The van der Waals surface area contributed by atoms with E-state index in [1.165, 1.54) is 24.4 Å². The summed E-state index contributed by atoms with van der Waals surface area (Å²) in [6.07, 6.45) is 3.45. The van der Waals surface area contributed by atoms with Gasteiger partial charge in [-0.15, -0.1) is 0 Å². The summed E-state index contributed by atoms with van der Waals surface area (Å²) in [6.45, 7) is 0. The zero-order valence-corrected chi connectivity index (χ0v) is 11.2. The summed E-state index contributed by atoms with van der Waals surface area (Å²) in [7, 11) is 0. The van der Waals surface area contributed by atoms with E-state index < -0.39 is 0 Å². The van der Waals surface area contributed by atoms with Crippen LogP contribution in [0.25, 0.3) is 0 Å². The van der Waals surface area contributed by atoms with Gasteiger partial charge < -0.3 is 10.3 Å². The minimum atomic E-state index is -0.247. The minimum absolute atomic E-state index is 0.0412. The van der Waals surface area contributed by atoms with Gasteiger partial charge in [0.05, 0.1) is 11.3 Å². The molecule has 0 unspecified atom stereocenters. The molecule has 0 spiro atoms. The van der Waals surface area contributed by atoms with Crippen molar-refractivity contribution in [2.24, 2.45) is 0 Å². The van der Waals surface area contributed by atoms with E-state index in [2.05, 4.69) is 20.5 Å². The highest BCUT2D eigenvalue weighted by Gasteiger charge is 2.22. The molecule has 2 aromatic heterocycles. The largest absolute Gasteiger partial charge is 0.349 e. The topological polar surface area (TPSA) is 108 Å². The Morgan fingerprint density at radius 3 is 2.90 bits per heavy atom. The molecule has 7 heteroatoms. The number of aromatic amines is 2. The van der Waals surface area contributed by atoms with Crippen LogP contribution in [0.5, 0.6) is 0 Å². The monoisotopic (exact) mass is 286 g/mol. The first-order valence-electron chi connectivity index (χ1n) is 6.69. The fraction of sp³-hybridized carbons (Fsp3) is 0.286. The van der Waals surface area contributed by atoms with E-state index in [0.29, 0.717) is 18.4 Å². The standard InChI is InChI=1S/C14H14N4O3/c19-12-4-1-8(7-15-12)14(21)16-10-2-3-11-9(5-10)6-13(20)18-17-11/h1,4,6-7,10H,2-3,5H2,(H,15,19)(H,16,21)(H,18,20)/t10-/m1/s1. The molecule has 21 heavy (non-hydrogen) atoms. The number of hydrogen-bond acceptors (Lipinski definition) is 4. The highest BCUT2D eigenvalue weighted by atomic mass is 16.2. The predicted octanol–water partition coefficient (Wildman–Crippen LogP) is -0.255. The van der Waals surface area contributed by atoms with Gasteiger partial charge in [0.15, 0.2) is 0 Å². The quantitative estimate of drug-likeness (QED) is 0.707. The van der Waals surface area contributed by atoms with E-state index in [1.54, 1.807) is 0 Å². The molecule has 7 nitrogen and oxygen atoms in total. The van der Waals surface area contributed by atoms with E-state index in [0.717, 1.165) is 17.7 Å². The molecule has 3 rings (SSSR count). The van der Waals surface area contributed by atoms with Crippen molar-refractivity contribution in [2.45, 2.75) is 25.3 Å². The highest BCUT2D eigenvalue weighted by molar-refractivity contribution is 5.94. The third-order valence-electron chi connectivity index (χ3n) is 3.55. The Hall–Kier alpha value is -2.70. The van der Waals surface area contributed by atoms with Crippen molar-refractivity contribution in [3.63, 3.8) is 0 Å². The zero-order valence-electron chi connectivity index (χ0n) is 11.2. The Kier molecular flexibility index (Phi) is 3.39. The summed E-state index contributed by atoms with van der Waals surface area (Å²) in [4.78, 5) is 36.8. The van der Waals surface area contributed by atoms with Gasteiger partial charge in [-0.1, -0.05) is 0 Å². The van der Waals surface area contributed by atoms with Gasteiger partial charge in [-0.2, -0.15) is 5.10 Å². The Labute approximate surface area is 119 Å². The molecule has 1 aliphatic carbocycles. The summed E-state index contributed by atoms with van der Waals surface area (Å²) in [6, 6.07) is 4.28. The Bertz CT molecular complexity index is 773. The molecule has 1 atom stereocenters. The van der Waals surface area contributed by atoms with Crippen molar-refractivity contribution < 1.29 is 4.79 Å². The average Bonchev–Trinajstić information content (AvgIpc) is 2.47. The second-order valence-corrected chi connectivity index (χ2v) is 5.06. The molecular weight excluding hydrogens is 272 g/mol. The number of H-pyrrole nitrogens is 2. The first-order valence-corrected chi connectivity index (χ1v) is 6.69. The molecule has 0 bridgehead atoms. The van der Waals surface area contributed by atoms with Gasteiger partial charge >= 0.3 is 0 Å². The maximum absolute atomic E-state index is 12.1. The van der Waals surface area contributed by atoms with Gasteiger partial charge in [0.1, 0.15) is 0 Å². The summed E-state index contributed by atoms with van der Waals surface area (Å²) in [5.41, 5.74) is 1.68. The molecule has 0 fully saturated rings. The lowest BCUT2D eigenvalue weighted by Gasteiger charge is -2.24. The van der Waals surface area contributed by atoms with Crippen molar-refractivity contribution in [1.82, 2.24) is 20.5 Å². The van der Waals surface area contributed by atoms with Gasteiger partial charge in [0.25, 0.3) is 11.5 Å². The van der Waals surface area contributed by atoms with E-state index in [1.807, 2.05) is 0 Å². The number of fused-ring (bicyclic) bond motifs is 1. The van der Waals surface area contributed by atoms with Gasteiger partial charge in [-0.05, 0) is 30.9 Å². The maximum Gasteiger partial charge on any atom is 0.264 e. The minimum Gasteiger partial charge on any atom is -0.349 e. The number of nitrogens with one attached hydrogen (secondary N) is 3. The van der Waals surface area contributed by atoms with Crippen LogP contribution in [0.15, 0.2) is 34.0 Å². The summed E-state index contributed by atoms with van der Waals surface area (Å²) in [5, 5.41) is 9.34. The number of aryl methyl sites for hydroxylation is 1. The SMILES string of the molecule is O=C(N[C@@H]1CCc2n[nH]c(=O)cc2C1)c1ccc(=O)[nH]c1. The zero-order chi connectivity index (χ0) is 14.8. The average molecular weight is 286 g/mol. The first-order chi connectivity index (χ1) is 10.1. The number of hydrogen-bond donors (Lipinski definition) is 3. The van der Waals surface area contributed by atoms with Crippen LogP contribution in [-0.2, 0) is 12.8 Å². The van der Waals surface area contributed by atoms with Crippen LogP contribution >= 0.6 is 0 Å². The fourth-order valence-electron chi connectivity index (χ4n) is 2.48. The number of pyridine rings is 1. The molecule has 1 aliphatic rings. The first kappa shape index (κ1) is 13.3. The van der Waals surface area contributed by atoms with E-state index in [9.17, 15) is 14.4 Å². The Morgan fingerprint density at radius 1 is 1.29 bits per heavy atom. The van der Waals surface area contributed by atoms with Gasteiger partial charge in [-0.25, -0.2) is 5.10 Å². The second-order valence-electron chi connectivity index (χ2n) is 5.06. The molecule has 3 N–H and O–H groups in total. The number of aromatic nitrogens is 3. The molecule has 0 saturated carbocycles. The second kappa shape index (κ2) is 5.35. The van der Waals surface area contributed by atoms with Crippen LogP contribution in [0.3, 0.4) is 0 Å². The fourth-order valence-corrected chi connectivity index (χ4v) is 2.48. The van der Waals surface area contributed by atoms with E-state index in [4.69, 9.17) is 0 Å². The molecule has 2 heterocycles. The third-order valence-corrected chi connectivity index (χ3v) is 3.55. The van der Waals surface area contributed by atoms with Gasteiger partial charge in [-0.3, -0.25) is 14.4 Å². The molecule has 0 saturated heterocycles. The van der Waals surface area contributed by atoms with Gasteiger partial charge in [0, 0.05) is 24.4 Å². The summed E-state index contributed by atoms with van der Waals surface area (Å²) in [5.74, 6) is -0.238. The lowest BCUT2D eigenvalue weighted by atomic mass is 9.92. The van der Waals surface area contributed by atoms with Crippen LogP contribution in [0.2, 0.25) is 0 Å². The smallest absolute Gasteiger partial charge is 0.264 e. The van der Waals surface area contributed by atoms with Crippen molar-refractivity contribution in [3.05, 3.63) is 61.9 Å². The summed E-state index contributed by atoms with van der Waals surface area (Å²) >= 11 is 0. The highest BCUT2D eigenvalue weighted by Crippen LogP contribution is 2.17. The Balaban J connectivity index is 1.72. The number of nitrogens with zero attached hydrogens (tertiary/aromatic N) is 1. The van der Waals surface area contributed by atoms with Crippen molar-refractivity contribution in [1.29, 1.82) is 0 Å². The molecule has 1 amide bonds. The van der Waals surface area contributed by atoms with Crippen molar-refractivity contribution in [2.75, 3.05) is 0 Å². The van der Waals surface area contributed by atoms with Crippen LogP contribution in [0, 0.1) is 0 Å². The third kappa shape index (κ3) is 2.91. The van der Waals surface area contributed by atoms with E-state index in [-0.39, 0.29) is 23.1 Å². The summed E-state index contributed by atoms with van der Waals surface area (Å²) < 4.78 is 0. The molecule has 0 aliphatic heterocycles. The lowest BCUT2D eigenvalue weighted by Crippen LogP contribution is -2.39. The predicted molar refractivity (Wildman–Crippen MR) is 75.2 cm³/mol. The molecule has 0 radical (unpaired) electrons. The molecule has 2 aromatic rings. The van der Waals surface area contributed by atoms with E-state index >= 15 is 0 Å². The Morgan fingerprint density at radius 2 is 2.14 bits per heavy atom.